The van der Waals surface area contributed by atoms with Gasteiger partial charge in [0.15, 0.2) is 0 Å². The Morgan fingerprint density at radius 2 is 1.97 bits per heavy atom. The molecule has 0 aliphatic heterocycles. The molecule has 0 radical (unpaired) electrons. The number of carbonyl (C=O) groups is 1. The molecule has 0 saturated carbocycles. The number of rotatable bonds is 9. The molecule has 2 N–H and O–H groups in total. The molecule has 198 valence electrons. The van der Waals surface area contributed by atoms with Crippen LogP contribution >= 0.6 is 0 Å². The Morgan fingerprint density at radius 1 is 1.21 bits per heavy atom. The van der Waals surface area contributed by atoms with Gasteiger partial charge in [-0.2, -0.15) is 13.2 Å². The van der Waals surface area contributed by atoms with Gasteiger partial charge in [0.2, 0.25) is 5.91 Å². The third-order valence-corrected chi connectivity index (χ3v) is 6.32. The summed E-state index contributed by atoms with van der Waals surface area (Å²) in [7, 11) is 0. The van der Waals surface area contributed by atoms with Crippen LogP contribution in [0.3, 0.4) is 0 Å². The van der Waals surface area contributed by atoms with Crippen LogP contribution in [-0.4, -0.2) is 21.3 Å². The number of nitrogens with one attached hydrogen (secondary N) is 2. The van der Waals surface area contributed by atoms with Gasteiger partial charge in [0.05, 0.1) is 36.4 Å². The zero-order valence-electron chi connectivity index (χ0n) is 21.4. The number of alkyl halides is 3. The van der Waals surface area contributed by atoms with E-state index in [9.17, 15) is 18.0 Å². The molecule has 0 aliphatic carbocycles. The summed E-state index contributed by atoms with van der Waals surface area (Å²) < 4.78 is 48.0. The summed E-state index contributed by atoms with van der Waals surface area (Å²) in [5.41, 5.74) is 4.01. The smallest absolute Gasteiger partial charge is 0.420 e. The maximum absolute atomic E-state index is 13.9. The van der Waals surface area contributed by atoms with E-state index in [-0.39, 0.29) is 18.1 Å². The normalized spacial score (nSPS) is 12.9. The van der Waals surface area contributed by atoms with Gasteiger partial charge in [0.25, 0.3) is 0 Å². The molecular weight excluding hydrogens is 493 g/mol. The highest BCUT2D eigenvalue weighted by molar-refractivity contribution is 5.75. The summed E-state index contributed by atoms with van der Waals surface area (Å²) in [5, 5.41) is 6.08. The predicted octanol–water partition coefficient (Wildman–Crippen LogP) is 6.52. The third kappa shape index (κ3) is 5.99. The van der Waals surface area contributed by atoms with Gasteiger partial charge >= 0.3 is 6.18 Å². The number of carbonyl (C=O) groups excluding carboxylic acids is 1. The van der Waals surface area contributed by atoms with Gasteiger partial charge in [-0.3, -0.25) is 4.79 Å². The van der Waals surface area contributed by atoms with Crippen molar-refractivity contribution in [2.24, 2.45) is 0 Å². The minimum Gasteiger partial charge on any atom is -0.472 e. The fraction of sp³-hybridized carbons (Fsp3) is 0.241. The SMILES string of the molecule is C=C(NCc1cn2cc(-c3ccoc3)cc(C(F)(F)F)c2n1)C(C/C(=C/C)c1ccccc1C)NC(C)=O. The van der Waals surface area contributed by atoms with Crippen molar-refractivity contribution in [3.05, 3.63) is 102 Å². The van der Waals surface area contributed by atoms with Crippen molar-refractivity contribution in [3.8, 4) is 11.1 Å². The van der Waals surface area contributed by atoms with Crippen LogP contribution in [0.25, 0.3) is 22.3 Å². The van der Waals surface area contributed by atoms with Crippen LogP contribution in [0.2, 0.25) is 0 Å². The summed E-state index contributed by atoms with van der Waals surface area (Å²) >= 11 is 0. The highest BCUT2D eigenvalue weighted by Gasteiger charge is 2.35. The Hall–Kier alpha value is -4.27. The molecule has 3 heterocycles. The number of aryl methyl sites for hydroxylation is 1. The Labute approximate surface area is 218 Å². The highest BCUT2D eigenvalue weighted by Crippen LogP contribution is 2.35. The van der Waals surface area contributed by atoms with E-state index < -0.39 is 17.8 Å². The number of benzene rings is 1. The van der Waals surface area contributed by atoms with E-state index in [1.54, 1.807) is 18.5 Å². The second kappa shape index (κ2) is 11.0. The number of aromatic nitrogens is 2. The number of amides is 1. The van der Waals surface area contributed by atoms with Crippen molar-refractivity contribution in [1.29, 1.82) is 0 Å². The van der Waals surface area contributed by atoms with E-state index in [0.29, 0.717) is 28.9 Å². The van der Waals surface area contributed by atoms with E-state index in [1.807, 2.05) is 44.2 Å². The van der Waals surface area contributed by atoms with Gasteiger partial charge in [0.1, 0.15) is 5.65 Å². The van der Waals surface area contributed by atoms with Crippen molar-refractivity contribution < 1.29 is 22.4 Å². The minimum atomic E-state index is -4.59. The molecule has 0 spiro atoms. The van der Waals surface area contributed by atoms with Crippen molar-refractivity contribution >= 4 is 17.1 Å². The molecule has 9 heteroatoms. The summed E-state index contributed by atoms with van der Waals surface area (Å²) in [6.07, 6.45) is 3.84. The molecule has 1 aromatic carbocycles. The average molecular weight is 523 g/mol. The molecule has 3 aromatic heterocycles. The monoisotopic (exact) mass is 522 g/mol. The fourth-order valence-corrected chi connectivity index (χ4v) is 4.40. The molecule has 4 aromatic rings. The molecule has 1 amide bonds. The molecule has 38 heavy (non-hydrogen) atoms. The van der Waals surface area contributed by atoms with Crippen LogP contribution in [0.1, 0.15) is 42.7 Å². The number of pyridine rings is 1. The topological polar surface area (TPSA) is 71.6 Å². The van der Waals surface area contributed by atoms with Crippen LogP contribution in [0.15, 0.2) is 84.1 Å². The number of hydrogen-bond acceptors (Lipinski definition) is 4. The zero-order valence-corrected chi connectivity index (χ0v) is 21.4. The second-order valence-electron chi connectivity index (χ2n) is 9.08. The zero-order chi connectivity index (χ0) is 27.4. The van der Waals surface area contributed by atoms with Crippen molar-refractivity contribution in [2.45, 2.75) is 46.0 Å². The highest BCUT2D eigenvalue weighted by atomic mass is 19.4. The summed E-state index contributed by atoms with van der Waals surface area (Å²) in [5.74, 6) is -0.215. The summed E-state index contributed by atoms with van der Waals surface area (Å²) in [6, 6.07) is 10.2. The van der Waals surface area contributed by atoms with Crippen LogP contribution < -0.4 is 10.6 Å². The van der Waals surface area contributed by atoms with Gasteiger partial charge in [-0.1, -0.05) is 36.9 Å². The Kier molecular flexibility index (Phi) is 7.75. The van der Waals surface area contributed by atoms with Gasteiger partial charge < -0.3 is 19.5 Å². The molecule has 4 rings (SSSR count). The van der Waals surface area contributed by atoms with Crippen molar-refractivity contribution in [1.82, 2.24) is 20.0 Å². The van der Waals surface area contributed by atoms with Gasteiger partial charge in [-0.05, 0) is 49.1 Å². The van der Waals surface area contributed by atoms with Gasteiger partial charge in [0, 0.05) is 36.1 Å². The summed E-state index contributed by atoms with van der Waals surface area (Å²) in [4.78, 5) is 16.2. The van der Waals surface area contributed by atoms with E-state index in [0.717, 1.165) is 22.8 Å². The number of allylic oxidation sites excluding steroid dienone is 1. The van der Waals surface area contributed by atoms with E-state index in [4.69, 9.17) is 4.42 Å². The Morgan fingerprint density at radius 3 is 2.61 bits per heavy atom. The minimum absolute atomic E-state index is 0.129. The lowest BCUT2D eigenvalue weighted by molar-refractivity contribution is -0.136. The standard InChI is InChI=1S/C29H29F3N4O2/c1-5-21(25-9-7-6-8-18(25)2)13-27(34-20(4)37)19(3)33-14-24-16-36-15-23(22-10-11-38-17-22)12-26(28(36)35-24)29(30,31)32/h5-12,15-17,27,33H,3,13-14H2,1-2,4H3,(H,34,37)/b21-5-. The summed E-state index contributed by atoms with van der Waals surface area (Å²) in [6.45, 7) is 9.63. The first kappa shape index (κ1) is 26.8. The lowest BCUT2D eigenvalue weighted by atomic mass is 9.94. The van der Waals surface area contributed by atoms with Crippen LogP contribution in [0.5, 0.6) is 0 Å². The van der Waals surface area contributed by atoms with E-state index >= 15 is 0 Å². The predicted molar refractivity (Wildman–Crippen MR) is 141 cm³/mol. The van der Waals surface area contributed by atoms with Crippen LogP contribution in [0.4, 0.5) is 13.2 Å². The lowest BCUT2D eigenvalue weighted by Gasteiger charge is -2.23. The molecular formula is C29H29F3N4O2. The molecule has 1 atom stereocenters. The average Bonchev–Trinajstić information content (AvgIpc) is 3.54. The Bertz CT molecular complexity index is 1480. The third-order valence-electron chi connectivity index (χ3n) is 6.32. The number of imidazole rings is 1. The van der Waals surface area contributed by atoms with Gasteiger partial charge in [-0.15, -0.1) is 0 Å². The number of nitrogens with zero attached hydrogens (tertiary/aromatic N) is 2. The first-order valence-corrected chi connectivity index (χ1v) is 12.1. The molecule has 0 aliphatic rings. The van der Waals surface area contributed by atoms with E-state index in [2.05, 4.69) is 22.2 Å². The fourth-order valence-electron chi connectivity index (χ4n) is 4.40. The number of halogens is 3. The molecule has 0 bridgehead atoms. The molecule has 0 saturated heterocycles. The molecule has 0 fully saturated rings. The molecule has 1 unspecified atom stereocenters. The Balaban J connectivity index is 1.56. The maximum Gasteiger partial charge on any atom is 0.420 e. The van der Waals surface area contributed by atoms with Crippen molar-refractivity contribution in [2.75, 3.05) is 0 Å². The van der Waals surface area contributed by atoms with Crippen molar-refractivity contribution in [3.63, 3.8) is 0 Å². The number of furan rings is 1. The van der Waals surface area contributed by atoms with Crippen LogP contribution in [-0.2, 0) is 17.5 Å². The largest absolute Gasteiger partial charge is 0.472 e. The molecule has 6 nitrogen and oxygen atoms in total. The second-order valence-corrected chi connectivity index (χ2v) is 9.08. The number of fused-ring (bicyclic) bond motifs is 1. The van der Waals surface area contributed by atoms with Crippen LogP contribution in [0, 0.1) is 6.92 Å². The number of hydrogen-bond donors (Lipinski definition) is 2. The first-order valence-electron chi connectivity index (χ1n) is 12.1. The van der Waals surface area contributed by atoms with E-state index in [1.165, 1.54) is 23.9 Å². The maximum atomic E-state index is 13.9. The lowest BCUT2D eigenvalue weighted by Crippen LogP contribution is -2.39. The first-order chi connectivity index (χ1) is 18.1. The quantitative estimate of drug-likeness (QED) is 0.262. The van der Waals surface area contributed by atoms with Gasteiger partial charge in [-0.25, -0.2) is 4.98 Å².